The fraction of sp³-hybridized carbons (Fsp3) is 0.727. The van der Waals surface area contributed by atoms with E-state index in [0.29, 0.717) is 19.3 Å². The zero-order chi connectivity index (χ0) is 69.5. The Morgan fingerprint density at radius 3 is 0.884 bits per heavy atom. The summed E-state index contributed by atoms with van der Waals surface area (Å²) in [7, 11) is -9.78. The quantitative estimate of drug-likeness (QED) is 0.0146. The lowest BCUT2D eigenvalue weighted by Crippen LogP contribution is -2.30. The van der Waals surface area contributed by atoms with E-state index in [1.54, 1.807) is 0 Å². The summed E-state index contributed by atoms with van der Waals surface area (Å²) in [5.41, 5.74) is 0. The molecule has 0 aromatic carbocycles. The van der Waals surface area contributed by atoms with Crippen LogP contribution in [0.5, 0.6) is 0 Å². The Bertz CT molecular complexity index is 2170. The summed E-state index contributed by atoms with van der Waals surface area (Å²) in [5.74, 6) is -1.59. The van der Waals surface area contributed by atoms with E-state index in [0.717, 1.165) is 154 Å². The molecule has 0 aliphatic rings. The van der Waals surface area contributed by atoms with Crippen molar-refractivity contribution < 1.29 is 75.8 Å². The predicted octanol–water partition coefficient (Wildman–Crippen LogP) is 21.2. The Morgan fingerprint density at radius 2 is 0.558 bits per heavy atom. The van der Waals surface area contributed by atoms with E-state index < -0.39 is 91.5 Å². The topological polar surface area (TPSA) is 231 Å². The number of phosphoric ester groups is 2. The molecule has 0 radical (unpaired) electrons. The van der Waals surface area contributed by atoms with Crippen molar-refractivity contribution in [1.82, 2.24) is 0 Å². The fourth-order valence-electron chi connectivity index (χ4n) is 9.88. The van der Waals surface area contributed by atoms with Gasteiger partial charge in [-0.25, -0.2) is 9.13 Å². The van der Waals surface area contributed by atoms with Crippen molar-refractivity contribution in [3.05, 3.63) is 109 Å². The van der Waals surface area contributed by atoms with Crippen LogP contribution in [0.25, 0.3) is 0 Å². The smallest absolute Gasteiger partial charge is 0.463 e. The highest BCUT2D eigenvalue weighted by atomic mass is 31.2. The molecule has 16 nitrogen and oxygen atoms in total. The largest absolute Gasteiger partial charge is 0.472 e. The number of phosphoric acid groups is 2. The van der Waals surface area contributed by atoms with Crippen molar-refractivity contribution >= 4 is 33.6 Å². The van der Waals surface area contributed by atoms with Gasteiger partial charge in [-0.15, -0.1) is 0 Å². The van der Waals surface area contributed by atoms with Crippen molar-refractivity contribution in [3.8, 4) is 0 Å². The highest BCUT2D eigenvalue weighted by Gasteiger charge is 2.29. The molecule has 4 N–H and O–H groups in total. The minimum absolute atomic E-state index is 0.104. The number of ether oxygens (including phenoxy) is 3. The summed E-state index contributed by atoms with van der Waals surface area (Å²) in [5, 5.41) is 20.6. The number of aliphatic hydroxyl groups excluding tert-OH is 2. The Kier molecular flexibility index (Phi) is 67.3. The number of esters is 3. The Hall–Kier alpha value is -3.79. The molecule has 0 bridgehead atoms. The molecule has 0 rings (SSSR count). The van der Waals surface area contributed by atoms with Crippen LogP contribution >= 0.6 is 15.6 Å². The average molecular weight is 1380 g/mol. The van der Waals surface area contributed by atoms with Gasteiger partial charge >= 0.3 is 33.6 Å². The lowest BCUT2D eigenvalue weighted by molar-refractivity contribution is -0.161. The summed E-state index contributed by atoms with van der Waals surface area (Å²) < 4.78 is 61.1. The van der Waals surface area contributed by atoms with Crippen LogP contribution in [-0.4, -0.2) is 95.9 Å². The van der Waals surface area contributed by atoms with Crippen LogP contribution in [0.3, 0.4) is 0 Å². The molecule has 5 unspecified atom stereocenters. The zero-order valence-corrected chi connectivity index (χ0v) is 61.4. The molecule has 5 atom stereocenters. The Balaban J connectivity index is 4.59. The number of rotatable bonds is 70. The molecule has 0 fully saturated rings. The van der Waals surface area contributed by atoms with Crippen LogP contribution in [0, 0.1) is 0 Å². The molecule has 18 heteroatoms. The van der Waals surface area contributed by atoms with E-state index >= 15 is 0 Å². The van der Waals surface area contributed by atoms with Gasteiger partial charge in [-0.1, -0.05) is 291 Å². The third kappa shape index (κ3) is 71.3. The van der Waals surface area contributed by atoms with Gasteiger partial charge in [-0.05, 0) is 103 Å². The van der Waals surface area contributed by atoms with E-state index in [1.807, 2.05) is 0 Å². The number of carbonyl (C=O) groups excluding carboxylic acids is 3. The third-order valence-corrected chi connectivity index (χ3v) is 17.4. The van der Waals surface area contributed by atoms with Crippen LogP contribution in [0.4, 0.5) is 0 Å². The summed E-state index contributed by atoms with van der Waals surface area (Å²) >= 11 is 0. The van der Waals surface area contributed by atoms with Crippen LogP contribution in [-0.2, 0) is 55.8 Å². The van der Waals surface area contributed by atoms with E-state index in [1.165, 1.54) is 89.9 Å². The van der Waals surface area contributed by atoms with E-state index in [9.17, 15) is 43.5 Å². The van der Waals surface area contributed by atoms with Crippen LogP contribution < -0.4 is 0 Å². The van der Waals surface area contributed by atoms with Crippen molar-refractivity contribution in [2.45, 2.75) is 322 Å². The monoisotopic (exact) mass is 1380 g/mol. The maximum Gasteiger partial charge on any atom is 0.472 e. The number of carbonyl (C=O) groups is 3. The SMILES string of the molecule is CC/C=C\C/C=C\C/C=C\C/C=C\C/C=C\CCCCCCCCCCCC(=O)OCC(O)COP(=O)(O)OCC(O)COP(=O)(O)OCC(COC(=O)CCCCCCCC/C=C\C/C=C\C/C=C\C/C=C\CC)OC(=O)CCCCCCCCCCCCCCCCC. The second-order valence-electron chi connectivity index (χ2n) is 24.7. The molecule has 0 aliphatic carbocycles. The number of aliphatic hydroxyl groups is 2. The normalized spacial score (nSPS) is 14.7. The van der Waals surface area contributed by atoms with Crippen LogP contribution in [0.2, 0.25) is 0 Å². The van der Waals surface area contributed by atoms with Crippen molar-refractivity contribution in [3.63, 3.8) is 0 Å². The summed E-state index contributed by atoms with van der Waals surface area (Å²) in [6, 6.07) is 0. The first-order valence-electron chi connectivity index (χ1n) is 37.2. The summed E-state index contributed by atoms with van der Waals surface area (Å²) in [6.45, 7) is 2.45. The number of allylic oxidation sites excluding steroid dienone is 18. The van der Waals surface area contributed by atoms with Crippen molar-refractivity contribution in [2.75, 3.05) is 39.6 Å². The lowest BCUT2D eigenvalue weighted by Gasteiger charge is -2.21. The second kappa shape index (κ2) is 70.1. The first-order valence-corrected chi connectivity index (χ1v) is 40.2. The van der Waals surface area contributed by atoms with Gasteiger partial charge in [0, 0.05) is 19.3 Å². The molecule has 95 heavy (non-hydrogen) atoms. The van der Waals surface area contributed by atoms with Gasteiger partial charge in [0.1, 0.15) is 25.4 Å². The Labute approximate surface area is 577 Å². The first-order chi connectivity index (χ1) is 46.2. The first kappa shape index (κ1) is 91.2. The fourth-order valence-corrected chi connectivity index (χ4v) is 11.5. The van der Waals surface area contributed by atoms with Crippen molar-refractivity contribution in [1.29, 1.82) is 0 Å². The predicted molar refractivity (Wildman–Crippen MR) is 390 cm³/mol. The zero-order valence-electron chi connectivity index (χ0n) is 59.6. The molecule has 0 amide bonds. The minimum atomic E-state index is -4.93. The molecule has 0 spiro atoms. The maximum absolute atomic E-state index is 13.0. The standard InChI is InChI=1S/C77H134O16P2/c1-4-7-10-13-16-19-22-25-28-30-32-33-34-35-36-37-39-41-43-45-48-51-54-57-60-63-75(80)87-66-72(78)67-89-94(83,84)90-68-73(79)69-91-95(85,86)92-71-74(93-77(82)65-62-59-56-53-50-47-42-27-24-21-18-15-12-9-6-3)70-88-76(81)64-61-58-55-52-49-46-44-40-38-31-29-26-23-20-17-14-11-8-5-2/h7-8,10-11,16-17,19-20,25-26,28-29,32-33,35-36,38,40,72-74,78-79H,4-6,9,12-15,18,21-24,27,30-31,34,37,39,41-71H2,1-3H3,(H,83,84)(H,85,86)/b10-7-,11-8-,19-16-,20-17-,28-25-,29-26-,33-32-,36-35-,40-38-. The lowest BCUT2D eigenvalue weighted by atomic mass is 10.0. The molecule has 0 aromatic rings. The van der Waals surface area contributed by atoms with Crippen LogP contribution in [0.15, 0.2) is 109 Å². The average Bonchev–Trinajstić information content (AvgIpc) is 2.24. The molecule has 548 valence electrons. The van der Waals surface area contributed by atoms with Gasteiger partial charge in [0.15, 0.2) is 6.10 Å². The minimum Gasteiger partial charge on any atom is -0.463 e. The number of unbranched alkanes of at least 4 members (excludes halogenated alkanes) is 29. The van der Waals surface area contributed by atoms with Gasteiger partial charge in [-0.2, -0.15) is 0 Å². The molecular weight excluding hydrogens is 1240 g/mol. The van der Waals surface area contributed by atoms with Gasteiger partial charge < -0.3 is 34.2 Å². The maximum atomic E-state index is 13.0. The summed E-state index contributed by atoms with van der Waals surface area (Å²) in [6.07, 6.45) is 79.8. The highest BCUT2D eigenvalue weighted by molar-refractivity contribution is 7.47. The number of hydrogen-bond acceptors (Lipinski definition) is 14. The molecule has 0 heterocycles. The van der Waals surface area contributed by atoms with Gasteiger partial charge in [0.25, 0.3) is 0 Å². The molecule has 0 aliphatic heterocycles. The Morgan fingerprint density at radius 1 is 0.305 bits per heavy atom. The van der Waals surface area contributed by atoms with Gasteiger partial charge in [-0.3, -0.25) is 32.5 Å². The van der Waals surface area contributed by atoms with E-state index in [4.69, 9.17) is 32.3 Å². The number of hydrogen-bond donors (Lipinski definition) is 4. The third-order valence-electron chi connectivity index (χ3n) is 15.5. The summed E-state index contributed by atoms with van der Waals surface area (Å²) in [4.78, 5) is 58.5. The van der Waals surface area contributed by atoms with E-state index in [-0.39, 0.29) is 19.3 Å². The van der Waals surface area contributed by atoms with E-state index in [2.05, 4.69) is 130 Å². The van der Waals surface area contributed by atoms with Gasteiger partial charge in [0.05, 0.1) is 26.4 Å². The molecule has 0 aromatic heterocycles. The van der Waals surface area contributed by atoms with Gasteiger partial charge in [0.2, 0.25) is 0 Å². The molecular formula is C77H134O16P2. The van der Waals surface area contributed by atoms with Crippen LogP contribution in [0.1, 0.15) is 303 Å². The van der Waals surface area contributed by atoms with Crippen molar-refractivity contribution in [2.24, 2.45) is 0 Å². The molecule has 0 saturated heterocycles. The second-order valence-corrected chi connectivity index (χ2v) is 27.6. The highest BCUT2D eigenvalue weighted by Crippen LogP contribution is 2.45. The molecule has 0 saturated carbocycles.